The molecule has 16 heavy (non-hydrogen) atoms. The van der Waals surface area contributed by atoms with Gasteiger partial charge in [0, 0.05) is 11.6 Å². The molecule has 0 bridgehead atoms. The Kier molecular flexibility index (Phi) is 3.43. The third-order valence-corrected chi connectivity index (χ3v) is 2.92. The second-order valence-corrected chi connectivity index (χ2v) is 4.16. The summed E-state index contributed by atoms with van der Waals surface area (Å²) >= 11 is 7.28. The minimum absolute atomic E-state index is 0.145. The average molecular weight is 255 g/mol. The standard InChI is InChI=1S/C9H7ClN4OS/c10-8-6(4-15)9(14-5-13-8)12-3-7-11-1-2-16-7/h1-2,4-5H,3H2,(H,12,13,14). The van der Waals surface area contributed by atoms with Crippen LogP contribution in [0.5, 0.6) is 0 Å². The largest absolute Gasteiger partial charge is 0.363 e. The maximum absolute atomic E-state index is 10.8. The number of carbonyl (C=O) groups is 1. The number of hydrogen-bond acceptors (Lipinski definition) is 6. The van der Waals surface area contributed by atoms with Crippen LogP contribution in [-0.4, -0.2) is 21.2 Å². The second kappa shape index (κ2) is 5.00. The Morgan fingerprint density at radius 3 is 3.00 bits per heavy atom. The van der Waals surface area contributed by atoms with Gasteiger partial charge in [-0.1, -0.05) is 11.6 Å². The quantitative estimate of drug-likeness (QED) is 0.668. The van der Waals surface area contributed by atoms with Crippen LogP contribution < -0.4 is 5.32 Å². The number of halogens is 1. The topological polar surface area (TPSA) is 67.8 Å². The smallest absolute Gasteiger partial charge is 0.156 e. The Bertz CT molecular complexity index is 488. The van der Waals surface area contributed by atoms with Gasteiger partial charge in [0.2, 0.25) is 0 Å². The van der Waals surface area contributed by atoms with Gasteiger partial charge in [-0.15, -0.1) is 11.3 Å². The van der Waals surface area contributed by atoms with Crippen LogP contribution in [-0.2, 0) is 6.54 Å². The summed E-state index contributed by atoms with van der Waals surface area (Å²) in [6.07, 6.45) is 3.65. The van der Waals surface area contributed by atoms with Crippen molar-refractivity contribution in [3.63, 3.8) is 0 Å². The molecule has 2 heterocycles. The maximum Gasteiger partial charge on any atom is 0.156 e. The molecule has 82 valence electrons. The normalized spacial score (nSPS) is 10.1. The molecule has 0 unspecified atom stereocenters. The zero-order valence-electron chi connectivity index (χ0n) is 8.05. The summed E-state index contributed by atoms with van der Waals surface area (Å²) in [7, 11) is 0. The van der Waals surface area contributed by atoms with Crippen molar-refractivity contribution in [2.75, 3.05) is 5.32 Å². The number of thiazole rings is 1. The highest BCUT2D eigenvalue weighted by Crippen LogP contribution is 2.18. The number of nitrogens with zero attached hydrogens (tertiary/aromatic N) is 3. The number of anilines is 1. The maximum atomic E-state index is 10.8. The monoisotopic (exact) mass is 254 g/mol. The SMILES string of the molecule is O=Cc1c(Cl)ncnc1NCc1nccs1. The molecule has 7 heteroatoms. The predicted octanol–water partition coefficient (Wildman–Crippen LogP) is 2.01. The first-order valence-electron chi connectivity index (χ1n) is 4.39. The molecule has 0 aliphatic rings. The fraction of sp³-hybridized carbons (Fsp3) is 0.111. The molecule has 0 atom stereocenters. The number of hydrogen-bond donors (Lipinski definition) is 1. The third-order valence-electron chi connectivity index (χ3n) is 1.84. The molecule has 0 fully saturated rings. The minimum atomic E-state index is 0.145. The van der Waals surface area contributed by atoms with E-state index in [1.807, 2.05) is 5.38 Å². The molecule has 2 aromatic rings. The van der Waals surface area contributed by atoms with E-state index in [9.17, 15) is 4.79 Å². The first-order valence-corrected chi connectivity index (χ1v) is 5.65. The number of carbonyl (C=O) groups excluding carboxylic acids is 1. The van der Waals surface area contributed by atoms with Crippen LogP contribution in [0, 0.1) is 0 Å². The van der Waals surface area contributed by atoms with Gasteiger partial charge in [0.05, 0.1) is 12.1 Å². The van der Waals surface area contributed by atoms with E-state index in [4.69, 9.17) is 11.6 Å². The lowest BCUT2D eigenvalue weighted by Crippen LogP contribution is -2.05. The van der Waals surface area contributed by atoms with E-state index in [0.717, 1.165) is 5.01 Å². The second-order valence-electron chi connectivity index (χ2n) is 2.82. The van der Waals surface area contributed by atoms with E-state index < -0.39 is 0 Å². The van der Waals surface area contributed by atoms with Crippen molar-refractivity contribution >= 4 is 35.0 Å². The highest BCUT2D eigenvalue weighted by Gasteiger charge is 2.08. The number of aromatic nitrogens is 3. The minimum Gasteiger partial charge on any atom is -0.363 e. The first kappa shape index (κ1) is 11.0. The molecule has 1 N–H and O–H groups in total. The molecule has 0 saturated heterocycles. The molecule has 0 radical (unpaired) electrons. The zero-order valence-corrected chi connectivity index (χ0v) is 9.63. The van der Waals surface area contributed by atoms with Crippen molar-refractivity contribution in [2.45, 2.75) is 6.54 Å². The summed E-state index contributed by atoms with van der Waals surface area (Å²) in [5.74, 6) is 0.421. The predicted molar refractivity (Wildman–Crippen MR) is 61.9 cm³/mol. The highest BCUT2D eigenvalue weighted by atomic mass is 35.5. The lowest BCUT2D eigenvalue weighted by molar-refractivity contribution is 0.112. The number of aldehydes is 1. The van der Waals surface area contributed by atoms with Crippen LogP contribution in [0.3, 0.4) is 0 Å². The van der Waals surface area contributed by atoms with Gasteiger partial charge in [-0.05, 0) is 0 Å². The lowest BCUT2D eigenvalue weighted by atomic mass is 10.3. The molecule has 0 aromatic carbocycles. The van der Waals surface area contributed by atoms with Gasteiger partial charge in [-0.25, -0.2) is 15.0 Å². The van der Waals surface area contributed by atoms with Crippen LogP contribution in [0.1, 0.15) is 15.4 Å². The molecule has 0 amide bonds. The molecule has 2 rings (SSSR count). The summed E-state index contributed by atoms with van der Waals surface area (Å²) in [5.41, 5.74) is 0.265. The fourth-order valence-electron chi connectivity index (χ4n) is 1.12. The number of rotatable bonds is 4. The zero-order chi connectivity index (χ0) is 11.4. The van der Waals surface area contributed by atoms with Gasteiger partial charge in [0.25, 0.3) is 0 Å². The van der Waals surface area contributed by atoms with Gasteiger partial charge >= 0.3 is 0 Å². The van der Waals surface area contributed by atoms with E-state index in [2.05, 4.69) is 20.3 Å². The Morgan fingerprint density at radius 1 is 1.44 bits per heavy atom. The first-order chi connectivity index (χ1) is 7.81. The molecule has 2 aromatic heterocycles. The van der Waals surface area contributed by atoms with Gasteiger partial charge in [0.15, 0.2) is 6.29 Å². The van der Waals surface area contributed by atoms with Crippen molar-refractivity contribution < 1.29 is 4.79 Å². The van der Waals surface area contributed by atoms with Gasteiger partial charge in [0.1, 0.15) is 22.3 Å². The van der Waals surface area contributed by atoms with Crippen molar-refractivity contribution in [3.05, 3.63) is 33.6 Å². The third kappa shape index (κ3) is 2.34. The van der Waals surface area contributed by atoms with Crippen LogP contribution in [0.25, 0.3) is 0 Å². The molecule has 0 spiro atoms. The van der Waals surface area contributed by atoms with Gasteiger partial charge in [-0.2, -0.15) is 0 Å². The van der Waals surface area contributed by atoms with Gasteiger partial charge in [-0.3, -0.25) is 4.79 Å². The van der Waals surface area contributed by atoms with Crippen molar-refractivity contribution in [1.82, 2.24) is 15.0 Å². The molecular weight excluding hydrogens is 248 g/mol. The van der Waals surface area contributed by atoms with Crippen LogP contribution >= 0.6 is 22.9 Å². The van der Waals surface area contributed by atoms with Crippen LogP contribution in [0.2, 0.25) is 5.15 Å². The van der Waals surface area contributed by atoms with Crippen LogP contribution in [0.15, 0.2) is 17.9 Å². The van der Waals surface area contributed by atoms with Gasteiger partial charge < -0.3 is 5.32 Å². The van der Waals surface area contributed by atoms with E-state index in [0.29, 0.717) is 18.6 Å². The van der Waals surface area contributed by atoms with Crippen molar-refractivity contribution in [1.29, 1.82) is 0 Å². The summed E-state index contributed by atoms with van der Waals surface area (Å²) < 4.78 is 0. The molecule has 0 saturated carbocycles. The summed E-state index contributed by atoms with van der Waals surface area (Å²) in [4.78, 5) is 22.6. The Hall–Kier alpha value is -1.53. The summed E-state index contributed by atoms with van der Waals surface area (Å²) in [5, 5.41) is 5.92. The number of nitrogens with one attached hydrogen (secondary N) is 1. The van der Waals surface area contributed by atoms with Crippen molar-refractivity contribution in [2.24, 2.45) is 0 Å². The fourth-order valence-corrected chi connectivity index (χ4v) is 1.85. The van der Waals surface area contributed by atoms with E-state index in [1.165, 1.54) is 17.7 Å². The van der Waals surface area contributed by atoms with E-state index in [-0.39, 0.29) is 10.7 Å². The summed E-state index contributed by atoms with van der Waals surface area (Å²) in [6.45, 7) is 0.506. The summed E-state index contributed by atoms with van der Waals surface area (Å²) in [6, 6.07) is 0. The molecule has 0 aliphatic carbocycles. The Balaban J connectivity index is 2.15. The highest BCUT2D eigenvalue weighted by molar-refractivity contribution is 7.09. The van der Waals surface area contributed by atoms with Crippen molar-refractivity contribution in [3.8, 4) is 0 Å². The molecule has 5 nitrogen and oxygen atoms in total. The molecule has 0 aliphatic heterocycles. The Morgan fingerprint density at radius 2 is 2.31 bits per heavy atom. The molecular formula is C9H7ClN4OS. The van der Waals surface area contributed by atoms with E-state index >= 15 is 0 Å². The average Bonchev–Trinajstić information content (AvgIpc) is 2.79. The van der Waals surface area contributed by atoms with E-state index in [1.54, 1.807) is 6.20 Å². The Labute approximate surface area is 101 Å². The van der Waals surface area contributed by atoms with Crippen LogP contribution in [0.4, 0.5) is 5.82 Å². The lowest BCUT2D eigenvalue weighted by Gasteiger charge is -2.05.